The summed E-state index contributed by atoms with van der Waals surface area (Å²) in [6.45, 7) is 31.2. The summed E-state index contributed by atoms with van der Waals surface area (Å²) < 4.78 is 2.34. The molecule has 2 aliphatic rings. The van der Waals surface area contributed by atoms with Gasteiger partial charge in [0.05, 0.1) is 0 Å². The van der Waals surface area contributed by atoms with Gasteiger partial charge in [0.1, 0.15) is 0 Å². The van der Waals surface area contributed by atoms with Crippen LogP contribution in [0.5, 0.6) is 0 Å². The second-order valence-corrected chi connectivity index (χ2v) is 17.8. The van der Waals surface area contributed by atoms with E-state index >= 15 is 0 Å². The van der Waals surface area contributed by atoms with Gasteiger partial charge >= 0.3 is 0 Å². The van der Waals surface area contributed by atoms with Crippen molar-refractivity contribution in [1.29, 1.82) is 0 Å². The van der Waals surface area contributed by atoms with E-state index < -0.39 is 0 Å². The first-order chi connectivity index (χ1) is 20.7. The Balaban J connectivity index is 1.52. The van der Waals surface area contributed by atoms with Crippen LogP contribution in [0.4, 0.5) is 17.1 Å². The van der Waals surface area contributed by atoms with E-state index in [9.17, 15) is 0 Å². The molecule has 0 unspecified atom stereocenters. The molecule has 0 radical (unpaired) electrons. The molecule has 0 saturated heterocycles. The van der Waals surface area contributed by atoms with E-state index in [0.29, 0.717) is 0 Å². The van der Waals surface area contributed by atoms with Crippen molar-refractivity contribution in [2.45, 2.75) is 106 Å². The fraction of sp³-hybridized carbons (Fsp3) is 0.429. The van der Waals surface area contributed by atoms with Crippen LogP contribution in [-0.2, 0) is 16.2 Å². The maximum Gasteiger partial charge on any atom is 0.0467 e. The van der Waals surface area contributed by atoms with E-state index in [2.05, 4.69) is 187 Å². The van der Waals surface area contributed by atoms with E-state index in [-0.39, 0.29) is 27.1 Å². The number of rotatable bonds is 4. The Labute approximate surface area is 289 Å². The third-order valence-electron chi connectivity index (χ3n) is 13.4. The molecule has 0 heterocycles. The van der Waals surface area contributed by atoms with E-state index in [0.717, 1.165) is 5.69 Å². The van der Waals surface area contributed by atoms with Crippen molar-refractivity contribution < 1.29 is 0 Å². The lowest BCUT2D eigenvalue weighted by atomic mass is 9.47. The number of hydrogen-bond acceptors (Lipinski definition) is 1. The highest BCUT2D eigenvalue weighted by molar-refractivity contribution is 9.10. The first-order valence-electron chi connectivity index (χ1n) is 16.3. The van der Waals surface area contributed by atoms with Crippen molar-refractivity contribution in [3.05, 3.63) is 109 Å². The maximum absolute atomic E-state index is 3.79. The molecule has 6 rings (SSSR count). The number of benzene rings is 4. The molecule has 0 amide bonds. The van der Waals surface area contributed by atoms with E-state index in [1.165, 1.54) is 64.8 Å². The predicted octanol–water partition coefficient (Wildman–Crippen LogP) is 13.5. The highest BCUT2D eigenvalue weighted by Gasteiger charge is 2.72. The molecule has 2 aliphatic carbocycles. The largest absolute Gasteiger partial charge is 0.310 e. The molecule has 4 aromatic rings. The number of halogens is 2. The number of nitrogens with zero attached hydrogens (tertiary/aromatic N) is 1. The van der Waals surface area contributed by atoms with Gasteiger partial charge in [-0.05, 0) is 136 Å². The van der Waals surface area contributed by atoms with Gasteiger partial charge in [0.2, 0.25) is 0 Å². The number of anilines is 3. The van der Waals surface area contributed by atoms with Crippen LogP contribution in [0.3, 0.4) is 0 Å². The molecule has 0 saturated carbocycles. The van der Waals surface area contributed by atoms with Gasteiger partial charge in [-0.2, -0.15) is 0 Å². The Bertz CT molecular complexity index is 1720. The molecule has 0 atom stereocenters. The van der Waals surface area contributed by atoms with Crippen molar-refractivity contribution >= 4 is 48.9 Å². The van der Waals surface area contributed by atoms with Crippen molar-refractivity contribution in [2.75, 3.05) is 4.90 Å². The smallest absolute Gasteiger partial charge is 0.0467 e. The molecule has 0 aromatic heterocycles. The highest BCUT2D eigenvalue weighted by atomic mass is 79.9. The number of aryl methyl sites for hydroxylation is 4. The molecule has 4 aromatic carbocycles. The lowest BCUT2D eigenvalue weighted by Crippen LogP contribution is -2.54. The van der Waals surface area contributed by atoms with Crippen molar-refractivity contribution in [2.24, 2.45) is 10.8 Å². The summed E-state index contributed by atoms with van der Waals surface area (Å²) in [5.41, 5.74) is 16.1. The van der Waals surface area contributed by atoms with Gasteiger partial charge < -0.3 is 4.90 Å². The first kappa shape index (κ1) is 32.6. The summed E-state index contributed by atoms with van der Waals surface area (Å²) in [5, 5.41) is 0. The summed E-state index contributed by atoms with van der Waals surface area (Å²) in [4.78, 5) is 2.40. The topological polar surface area (TPSA) is 3.24 Å². The lowest BCUT2D eigenvalue weighted by Gasteiger charge is -2.56. The monoisotopic (exact) mass is 725 g/mol. The van der Waals surface area contributed by atoms with Crippen LogP contribution in [0.25, 0.3) is 11.1 Å². The Morgan fingerprint density at radius 2 is 0.822 bits per heavy atom. The van der Waals surface area contributed by atoms with Gasteiger partial charge in [0, 0.05) is 31.4 Å². The fourth-order valence-corrected chi connectivity index (χ4v) is 9.48. The van der Waals surface area contributed by atoms with Gasteiger partial charge in [-0.15, -0.1) is 0 Å². The Morgan fingerprint density at radius 1 is 0.467 bits per heavy atom. The Morgan fingerprint density at radius 3 is 1.18 bits per heavy atom. The fourth-order valence-electron chi connectivity index (χ4n) is 9.02. The van der Waals surface area contributed by atoms with Gasteiger partial charge in [-0.25, -0.2) is 0 Å². The third kappa shape index (κ3) is 4.14. The quantitative estimate of drug-likeness (QED) is 0.202. The summed E-state index contributed by atoms with van der Waals surface area (Å²) in [6.07, 6.45) is 0. The van der Waals surface area contributed by atoms with E-state index in [4.69, 9.17) is 0 Å². The molecule has 0 bridgehead atoms. The SMILES string of the molecule is Cc1cc(N(c2ccc(-c3cc4c5c(c3)C(C)(C)C(C)(C)C5(C)C(C)(C)C4(C)C)cc2)c2cc(C)c(Br)c(C)c2)cc(C)c1Br. The Kier molecular flexibility index (Phi) is 7.29. The summed E-state index contributed by atoms with van der Waals surface area (Å²) in [7, 11) is 0. The average Bonchev–Trinajstić information content (AvgIpc) is 3.17. The maximum atomic E-state index is 3.79. The molecule has 236 valence electrons. The average molecular weight is 728 g/mol. The van der Waals surface area contributed by atoms with Crippen LogP contribution in [0, 0.1) is 38.5 Å². The van der Waals surface area contributed by atoms with Crippen LogP contribution in [0.1, 0.15) is 101 Å². The highest BCUT2D eigenvalue weighted by Crippen LogP contribution is 2.76. The molecule has 45 heavy (non-hydrogen) atoms. The third-order valence-corrected chi connectivity index (χ3v) is 15.9. The molecular formula is C42H49Br2N. The number of hydrogen-bond donors (Lipinski definition) is 0. The second kappa shape index (κ2) is 10.1. The normalized spacial score (nSPS) is 19.4. The zero-order valence-electron chi connectivity index (χ0n) is 29.5. The van der Waals surface area contributed by atoms with Crippen LogP contribution in [0.15, 0.2) is 69.6 Å². The summed E-state index contributed by atoms with van der Waals surface area (Å²) in [6, 6.07) is 23.4. The van der Waals surface area contributed by atoms with Crippen molar-refractivity contribution in [3.8, 4) is 11.1 Å². The molecule has 3 heteroatoms. The first-order valence-corrected chi connectivity index (χ1v) is 17.9. The van der Waals surface area contributed by atoms with Crippen LogP contribution in [0.2, 0.25) is 0 Å². The molecule has 1 nitrogen and oxygen atoms in total. The minimum absolute atomic E-state index is 0.0565. The second-order valence-electron chi connectivity index (χ2n) is 16.2. The summed E-state index contributed by atoms with van der Waals surface area (Å²) >= 11 is 7.57. The molecule has 0 spiro atoms. The minimum atomic E-state index is 0.0565. The molecule has 0 aliphatic heterocycles. The summed E-state index contributed by atoms with van der Waals surface area (Å²) in [5.74, 6) is 0. The lowest BCUT2D eigenvalue weighted by molar-refractivity contribution is -0.0105. The van der Waals surface area contributed by atoms with Gasteiger partial charge in [-0.1, -0.05) is 118 Å². The predicted molar refractivity (Wildman–Crippen MR) is 202 cm³/mol. The zero-order chi connectivity index (χ0) is 33.2. The minimum Gasteiger partial charge on any atom is -0.310 e. The standard InChI is InChI=1S/C42H49Br2N/c1-24-18-31(19-25(2)36(24)43)45(32-20-26(3)37(44)27(4)21-32)30-16-14-28(15-17-30)29-22-33-35-34(23-29)39(7,8)41(11,12)42(35,13)40(9,10)38(33,5)6/h14-23H,1-13H3. The van der Waals surface area contributed by atoms with Crippen molar-refractivity contribution in [1.82, 2.24) is 0 Å². The van der Waals surface area contributed by atoms with Crippen LogP contribution < -0.4 is 4.90 Å². The Hall–Kier alpha value is -2.36. The van der Waals surface area contributed by atoms with Gasteiger partial charge in [0.15, 0.2) is 0 Å². The molecule has 0 fully saturated rings. The van der Waals surface area contributed by atoms with E-state index in [1.807, 2.05) is 0 Å². The van der Waals surface area contributed by atoms with Gasteiger partial charge in [-0.3, -0.25) is 0 Å². The van der Waals surface area contributed by atoms with Crippen LogP contribution in [-0.4, -0.2) is 0 Å². The van der Waals surface area contributed by atoms with Crippen LogP contribution >= 0.6 is 31.9 Å². The molecular weight excluding hydrogens is 678 g/mol. The molecule has 0 N–H and O–H groups in total. The van der Waals surface area contributed by atoms with Crippen molar-refractivity contribution in [3.63, 3.8) is 0 Å². The zero-order valence-corrected chi connectivity index (χ0v) is 32.6. The van der Waals surface area contributed by atoms with Gasteiger partial charge in [0.25, 0.3) is 0 Å². The van der Waals surface area contributed by atoms with E-state index in [1.54, 1.807) is 5.56 Å².